The lowest BCUT2D eigenvalue weighted by Crippen LogP contribution is -2.26. The molecule has 0 rings (SSSR count). The summed E-state index contributed by atoms with van der Waals surface area (Å²) in [5.74, 6) is -0.970. The predicted octanol–water partition coefficient (Wildman–Crippen LogP) is 0.237. The standard InChI is InChI=1S/C7H11N2O3/c1-5(6(10)11)3-2-4-9-7(8)12/h3-4H,2H2,1H3,(H,10,11)(H3,8,9,12). The van der Waals surface area contributed by atoms with Crippen LogP contribution in [0.15, 0.2) is 11.6 Å². The van der Waals surface area contributed by atoms with Crippen LogP contribution in [0.2, 0.25) is 0 Å². The fraction of sp³-hybridized carbons (Fsp3) is 0.286. The van der Waals surface area contributed by atoms with Crippen molar-refractivity contribution in [3.8, 4) is 0 Å². The number of carboxylic acids is 1. The summed E-state index contributed by atoms with van der Waals surface area (Å²) in [5.41, 5.74) is 4.98. The third-order valence-electron chi connectivity index (χ3n) is 1.12. The first kappa shape index (κ1) is 10.5. The molecule has 0 aliphatic carbocycles. The number of rotatable bonds is 4. The number of carbonyl (C=O) groups is 2. The van der Waals surface area contributed by atoms with Gasteiger partial charge in [0.25, 0.3) is 0 Å². The van der Waals surface area contributed by atoms with Gasteiger partial charge in [-0.2, -0.15) is 0 Å². The third-order valence-corrected chi connectivity index (χ3v) is 1.12. The molecule has 0 fully saturated rings. The summed E-state index contributed by atoms with van der Waals surface area (Å²) in [4.78, 5) is 20.4. The van der Waals surface area contributed by atoms with E-state index < -0.39 is 12.0 Å². The number of amides is 2. The Hall–Kier alpha value is -1.52. The van der Waals surface area contributed by atoms with Crippen LogP contribution in [-0.4, -0.2) is 17.1 Å². The van der Waals surface area contributed by atoms with Gasteiger partial charge in [-0.1, -0.05) is 6.08 Å². The van der Waals surface area contributed by atoms with Crippen LogP contribution < -0.4 is 11.1 Å². The third kappa shape index (κ3) is 5.28. The maximum Gasteiger partial charge on any atom is 0.330 e. The normalized spacial score (nSPS) is 10.9. The Bertz CT molecular complexity index is 211. The van der Waals surface area contributed by atoms with Crippen LogP contribution in [0.25, 0.3) is 0 Å². The van der Waals surface area contributed by atoms with Crippen molar-refractivity contribution in [2.75, 3.05) is 0 Å². The molecule has 5 nitrogen and oxygen atoms in total. The molecule has 0 aromatic rings. The van der Waals surface area contributed by atoms with Crippen molar-refractivity contribution in [1.82, 2.24) is 5.32 Å². The first-order valence-electron chi connectivity index (χ1n) is 3.31. The Labute approximate surface area is 70.2 Å². The van der Waals surface area contributed by atoms with E-state index in [-0.39, 0.29) is 5.57 Å². The van der Waals surface area contributed by atoms with Crippen LogP contribution in [0.3, 0.4) is 0 Å². The number of urea groups is 1. The summed E-state index contributed by atoms with van der Waals surface area (Å²) >= 11 is 0. The van der Waals surface area contributed by atoms with E-state index in [2.05, 4.69) is 5.32 Å². The summed E-state index contributed by atoms with van der Waals surface area (Å²) in [6, 6.07) is -0.656. The van der Waals surface area contributed by atoms with Gasteiger partial charge in [-0.05, 0) is 13.3 Å². The molecule has 0 saturated carbocycles. The molecule has 2 amide bonds. The van der Waals surface area contributed by atoms with Crippen LogP contribution in [0.4, 0.5) is 4.79 Å². The molecule has 67 valence electrons. The Morgan fingerprint density at radius 3 is 2.58 bits per heavy atom. The van der Waals surface area contributed by atoms with Crippen molar-refractivity contribution >= 4 is 12.0 Å². The van der Waals surface area contributed by atoms with Crippen molar-refractivity contribution in [2.24, 2.45) is 5.73 Å². The first-order valence-corrected chi connectivity index (χ1v) is 3.31. The second kappa shape index (κ2) is 5.17. The van der Waals surface area contributed by atoms with Crippen molar-refractivity contribution in [3.05, 3.63) is 18.2 Å². The molecule has 5 heteroatoms. The van der Waals surface area contributed by atoms with Crippen molar-refractivity contribution in [2.45, 2.75) is 13.3 Å². The molecule has 0 heterocycles. The van der Waals surface area contributed by atoms with Crippen LogP contribution >= 0.6 is 0 Å². The summed E-state index contributed by atoms with van der Waals surface area (Å²) < 4.78 is 0. The van der Waals surface area contributed by atoms with Crippen LogP contribution in [-0.2, 0) is 4.79 Å². The minimum Gasteiger partial charge on any atom is -0.478 e. The maximum atomic E-state index is 10.2. The van der Waals surface area contributed by atoms with E-state index in [0.717, 1.165) is 0 Å². The van der Waals surface area contributed by atoms with Gasteiger partial charge in [0.1, 0.15) is 0 Å². The SMILES string of the molecule is CC(=CC[CH]NC(N)=O)C(=O)O. The zero-order chi connectivity index (χ0) is 9.56. The molecule has 0 saturated heterocycles. The van der Waals surface area contributed by atoms with Crippen molar-refractivity contribution in [1.29, 1.82) is 0 Å². The van der Waals surface area contributed by atoms with Crippen molar-refractivity contribution in [3.63, 3.8) is 0 Å². The van der Waals surface area contributed by atoms with E-state index in [1.54, 1.807) is 0 Å². The summed E-state index contributed by atoms with van der Waals surface area (Å²) in [7, 11) is 0. The number of nitrogens with one attached hydrogen (secondary N) is 1. The summed E-state index contributed by atoms with van der Waals surface area (Å²) in [6.45, 7) is 2.86. The number of carboxylic acid groups (broad SMARTS) is 1. The minimum atomic E-state index is -0.970. The number of hydrogen-bond donors (Lipinski definition) is 3. The van der Waals surface area contributed by atoms with Gasteiger partial charge in [-0.25, -0.2) is 9.59 Å². The Morgan fingerprint density at radius 2 is 2.17 bits per heavy atom. The second-order valence-electron chi connectivity index (χ2n) is 2.14. The van der Waals surface area contributed by atoms with Gasteiger partial charge in [-0.3, -0.25) is 0 Å². The zero-order valence-corrected chi connectivity index (χ0v) is 6.70. The zero-order valence-electron chi connectivity index (χ0n) is 6.70. The second-order valence-corrected chi connectivity index (χ2v) is 2.14. The highest BCUT2D eigenvalue weighted by Crippen LogP contribution is 1.95. The van der Waals surface area contributed by atoms with E-state index in [1.807, 2.05) is 0 Å². The quantitative estimate of drug-likeness (QED) is 0.417. The molecule has 0 bridgehead atoms. The Balaban J connectivity index is 3.60. The van der Waals surface area contributed by atoms with Crippen LogP contribution in [0.5, 0.6) is 0 Å². The van der Waals surface area contributed by atoms with Crippen LogP contribution in [0, 0.1) is 6.54 Å². The number of hydrogen-bond acceptors (Lipinski definition) is 2. The molecule has 0 aliphatic heterocycles. The summed E-state index contributed by atoms with van der Waals surface area (Å²) in [6.07, 6.45) is 1.82. The Kier molecular flexibility index (Phi) is 4.52. The largest absolute Gasteiger partial charge is 0.478 e. The van der Waals surface area contributed by atoms with E-state index in [4.69, 9.17) is 10.8 Å². The molecule has 0 aliphatic rings. The molecular formula is C7H11N2O3. The highest BCUT2D eigenvalue weighted by atomic mass is 16.4. The molecule has 0 atom stereocenters. The molecule has 0 aromatic carbocycles. The molecule has 1 radical (unpaired) electrons. The van der Waals surface area contributed by atoms with Crippen LogP contribution in [0.1, 0.15) is 13.3 Å². The topological polar surface area (TPSA) is 92.4 Å². The number of carbonyl (C=O) groups excluding carboxylic acids is 1. The number of aliphatic carboxylic acids is 1. The van der Waals surface area contributed by atoms with Gasteiger partial charge >= 0.3 is 12.0 Å². The highest BCUT2D eigenvalue weighted by molar-refractivity contribution is 5.85. The highest BCUT2D eigenvalue weighted by Gasteiger charge is 1.97. The van der Waals surface area contributed by atoms with E-state index >= 15 is 0 Å². The molecule has 0 spiro atoms. The summed E-state index contributed by atoms with van der Waals surface area (Å²) in [5, 5.41) is 10.6. The lowest BCUT2D eigenvalue weighted by atomic mass is 10.2. The average molecular weight is 171 g/mol. The van der Waals surface area contributed by atoms with Gasteiger partial charge in [0.15, 0.2) is 0 Å². The van der Waals surface area contributed by atoms with Gasteiger partial charge < -0.3 is 16.2 Å². The maximum absolute atomic E-state index is 10.2. The van der Waals surface area contributed by atoms with Gasteiger partial charge in [0.05, 0.1) is 6.54 Å². The van der Waals surface area contributed by atoms with Gasteiger partial charge in [0, 0.05) is 5.57 Å². The molecule has 4 N–H and O–H groups in total. The lowest BCUT2D eigenvalue weighted by Gasteiger charge is -1.96. The Morgan fingerprint density at radius 1 is 1.58 bits per heavy atom. The molecule has 0 unspecified atom stereocenters. The monoisotopic (exact) mass is 171 g/mol. The smallest absolute Gasteiger partial charge is 0.330 e. The minimum absolute atomic E-state index is 0.234. The van der Waals surface area contributed by atoms with E-state index in [0.29, 0.717) is 6.42 Å². The molecular weight excluding hydrogens is 160 g/mol. The molecule has 0 aromatic heterocycles. The van der Waals surface area contributed by atoms with Crippen molar-refractivity contribution < 1.29 is 14.7 Å². The fourth-order valence-electron chi connectivity index (χ4n) is 0.483. The lowest BCUT2D eigenvalue weighted by molar-refractivity contribution is -0.132. The predicted molar refractivity (Wildman–Crippen MR) is 43.0 cm³/mol. The average Bonchev–Trinajstić information content (AvgIpc) is 1.97. The van der Waals surface area contributed by atoms with E-state index in [1.165, 1.54) is 19.5 Å². The molecule has 12 heavy (non-hydrogen) atoms. The fourth-order valence-corrected chi connectivity index (χ4v) is 0.483. The van der Waals surface area contributed by atoms with Gasteiger partial charge in [-0.15, -0.1) is 0 Å². The number of nitrogens with two attached hydrogens (primary N) is 1. The van der Waals surface area contributed by atoms with Gasteiger partial charge in [0.2, 0.25) is 0 Å². The van der Waals surface area contributed by atoms with E-state index in [9.17, 15) is 9.59 Å². The number of primary amides is 1. The first-order chi connectivity index (χ1) is 5.54.